The molecule has 0 aromatic heterocycles. The van der Waals surface area contributed by atoms with Crippen LogP contribution in [0.3, 0.4) is 0 Å². The summed E-state index contributed by atoms with van der Waals surface area (Å²) in [7, 11) is 0. The lowest BCUT2D eigenvalue weighted by atomic mass is 10.5. The number of rotatable bonds is 5. The van der Waals surface area contributed by atoms with Gasteiger partial charge in [-0.25, -0.2) is 0 Å². The molecule has 3 unspecified atom stereocenters. The van der Waals surface area contributed by atoms with Gasteiger partial charge in [-0.3, -0.25) is 0 Å². The molecule has 0 amide bonds. The predicted octanol–water partition coefficient (Wildman–Crippen LogP) is -0.822. The summed E-state index contributed by atoms with van der Waals surface area (Å²) >= 11 is 0. The van der Waals surface area contributed by atoms with Crippen molar-refractivity contribution < 1.29 is 24.1 Å². The molecule has 0 aromatic carbocycles. The SMILES string of the molecule is C(OCC1CO1)C1CO1.OCC1CO1. The minimum atomic E-state index is 0.190. The van der Waals surface area contributed by atoms with Gasteiger partial charge >= 0.3 is 0 Å². The van der Waals surface area contributed by atoms with Crippen LogP contribution in [0, 0.1) is 0 Å². The molecule has 3 rings (SSSR count). The molecule has 3 fully saturated rings. The van der Waals surface area contributed by atoms with Crippen LogP contribution < -0.4 is 0 Å². The van der Waals surface area contributed by atoms with Crippen molar-refractivity contribution in [3.63, 3.8) is 0 Å². The van der Waals surface area contributed by atoms with Gasteiger partial charge < -0.3 is 24.1 Å². The second-order valence-electron chi connectivity index (χ2n) is 3.59. The van der Waals surface area contributed by atoms with E-state index < -0.39 is 0 Å². The van der Waals surface area contributed by atoms with E-state index >= 15 is 0 Å². The first-order valence-electron chi connectivity index (χ1n) is 4.92. The summed E-state index contributed by atoms with van der Waals surface area (Å²) in [5.74, 6) is 0. The average Bonchev–Trinajstić information content (AvgIpc) is 2.96. The standard InChI is InChI=1S/C6H10O3.C3H6O2/c1(5-3-8-5)7-2-6-4-9-6;4-1-3-2-5-3/h5-6H,1-4H2;3-4H,1-2H2. The lowest BCUT2D eigenvalue weighted by molar-refractivity contribution is 0.102. The number of aliphatic hydroxyl groups is 1. The Morgan fingerprint density at radius 3 is 1.57 bits per heavy atom. The van der Waals surface area contributed by atoms with Crippen molar-refractivity contribution in [3.05, 3.63) is 0 Å². The third-order valence-electron chi connectivity index (χ3n) is 2.02. The van der Waals surface area contributed by atoms with Crippen LogP contribution in [0.4, 0.5) is 0 Å². The Balaban J connectivity index is 0.000000128. The molecule has 0 bridgehead atoms. The van der Waals surface area contributed by atoms with Gasteiger partial charge in [-0.2, -0.15) is 0 Å². The van der Waals surface area contributed by atoms with E-state index in [0.717, 1.165) is 33.0 Å². The Morgan fingerprint density at radius 2 is 1.36 bits per heavy atom. The second kappa shape index (κ2) is 5.04. The lowest BCUT2D eigenvalue weighted by Gasteiger charge is -1.95. The molecule has 0 spiro atoms. The largest absolute Gasteiger partial charge is 0.394 e. The van der Waals surface area contributed by atoms with Gasteiger partial charge in [-0.05, 0) is 0 Å². The van der Waals surface area contributed by atoms with Crippen molar-refractivity contribution in [1.82, 2.24) is 0 Å². The van der Waals surface area contributed by atoms with Gasteiger partial charge in [-0.1, -0.05) is 0 Å². The molecule has 14 heavy (non-hydrogen) atoms. The topological polar surface area (TPSA) is 67.0 Å². The normalized spacial score (nSPS) is 37.1. The monoisotopic (exact) mass is 204 g/mol. The Hall–Kier alpha value is -0.200. The molecule has 5 heteroatoms. The van der Waals surface area contributed by atoms with Crippen molar-refractivity contribution in [3.8, 4) is 0 Å². The maximum atomic E-state index is 8.08. The maximum Gasteiger partial charge on any atom is 0.104 e. The molecule has 0 radical (unpaired) electrons. The highest BCUT2D eigenvalue weighted by atomic mass is 16.6. The van der Waals surface area contributed by atoms with E-state index in [9.17, 15) is 0 Å². The van der Waals surface area contributed by atoms with Crippen molar-refractivity contribution >= 4 is 0 Å². The third-order valence-corrected chi connectivity index (χ3v) is 2.02. The molecule has 3 aliphatic heterocycles. The summed E-state index contributed by atoms with van der Waals surface area (Å²) in [6.45, 7) is 4.22. The summed E-state index contributed by atoms with van der Waals surface area (Å²) in [4.78, 5) is 0. The minimum absolute atomic E-state index is 0.190. The van der Waals surface area contributed by atoms with Crippen LogP contribution >= 0.6 is 0 Å². The summed E-state index contributed by atoms with van der Waals surface area (Å²) in [5.41, 5.74) is 0. The maximum absolute atomic E-state index is 8.08. The van der Waals surface area contributed by atoms with Crippen molar-refractivity contribution in [2.75, 3.05) is 39.6 Å². The molecular formula is C9H16O5. The molecular weight excluding hydrogens is 188 g/mol. The molecule has 0 aliphatic carbocycles. The zero-order chi connectivity index (χ0) is 9.80. The van der Waals surface area contributed by atoms with Gasteiger partial charge in [0, 0.05) is 0 Å². The zero-order valence-electron chi connectivity index (χ0n) is 8.05. The first kappa shape index (κ1) is 10.3. The van der Waals surface area contributed by atoms with Gasteiger partial charge in [0.05, 0.1) is 39.6 Å². The zero-order valence-corrected chi connectivity index (χ0v) is 8.05. The molecule has 0 aromatic rings. The van der Waals surface area contributed by atoms with E-state index in [1.165, 1.54) is 0 Å². The van der Waals surface area contributed by atoms with E-state index in [0.29, 0.717) is 12.2 Å². The van der Waals surface area contributed by atoms with Gasteiger partial charge in [0.15, 0.2) is 0 Å². The Morgan fingerprint density at radius 1 is 0.929 bits per heavy atom. The van der Waals surface area contributed by atoms with Crippen LogP contribution in [0.25, 0.3) is 0 Å². The molecule has 5 nitrogen and oxygen atoms in total. The molecule has 3 saturated heterocycles. The smallest absolute Gasteiger partial charge is 0.104 e. The quantitative estimate of drug-likeness (QED) is 0.592. The van der Waals surface area contributed by atoms with Gasteiger partial charge in [0.1, 0.15) is 18.3 Å². The van der Waals surface area contributed by atoms with Crippen LogP contribution in [-0.2, 0) is 18.9 Å². The molecule has 0 saturated carbocycles. The van der Waals surface area contributed by atoms with Crippen LogP contribution in [-0.4, -0.2) is 63.1 Å². The van der Waals surface area contributed by atoms with E-state index in [4.69, 9.17) is 19.3 Å². The fourth-order valence-corrected chi connectivity index (χ4v) is 0.833. The van der Waals surface area contributed by atoms with Crippen LogP contribution in [0.1, 0.15) is 0 Å². The highest BCUT2D eigenvalue weighted by molar-refractivity contribution is 4.71. The average molecular weight is 204 g/mol. The van der Waals surface area contributed by atoms with Crippen molar-refractivity contribution in [2.24, 2.45) is 0 Å². The number of epoxide rings is 3. The fraction of sp³-hybridized carbons (Fsp3) is 1.00. The molecule has 1 N–H and O–H groups in total. The van der Waals surface area contributed by atoms with Crippen molar-refractivity contribution in [1.29, 1.82) is 0 Å². The second-order valence-corrected chi connectivity index (χ2v) is 3.59. The first-order valence-corrected chi connectivity index (χ1v) is 4.92. The summed E-state index contributed by atoms with van der Waals surface area (Å²) in [5, 5.41) is 8.08. The highest BCUT2D eigenvalue weighted by Crippen LogP contribution is 2.12. The van der Waals surface area contributed by atoms with Gasteiger partial charge in [0.25, 0.3) is 0 Å². The van der Waals surface area contributed by atoms with Crippen LogP contribution in [0.2, 0.25) is 0 Å². The summed E-state index contributed by atoms with van der Waals surface area (Å²) in [6.07, 6.45) is 0.975. The van der Waals surface area contributed by atoms with E-state index in [1.807, 2.05) is 0 Å². The summed E-state index contributed by atoms with van der Waals surface area (Å²) < 4.78 is 19.7. The molecule has 3 aliphatic rings. The van der Waals surface area contributed by atoms with Crippen LogP contribution in [0.15, 0.2) is 0 Å². The summed E-state index contributed by atoms with van der Waals surface area (Å²) in [6, 6.07) is 0. The first-order chi connectivity index (χ1) is 6.88. The number of aliphatic hydroxyl groups excluding tert-OH is 1. The Bertz CT molecular complexity index is 151. The number of hydrogen-bond acceptors (Lipinski definition) is 5. The van der Waals surface area contributed by atoms with Gasteiger partial charge in [-0.15, -0.1) is 0 Å². The van der Waals surface area contributed by atoms with Crippen molar-refractivity contribution in [2.45, 2.75) is 18.3 Å². The van der Waals surface area contributed by atoms with E-state index in [-0.39, 0.29) is 12.7 Å². The molecule has 82 valence electrons. The number of hydrogen-bond donors (Lipinski definition) is 1. The minimum Gasteiger partial charge on any atom is -0.394 e. The van der Waals surface area contributed by atoms with Crippen LogP contribution in [0.5, 0.6) is 0 Å². The van der Waals surface area contributed by atoms with E-state index in [1.54, 1.807) is 0 Å². The lowest BCUT2D eigenvalue weighted by Crippen LogP contribution is -2.06. The third kappa shape index (κ3) is 4.88. The Kier molecular flexibility index (Phi) is 3.72. The fourth-order valence-electron chi connectivity index (χ4n) is 0.833. The highest BCUT2D eigenvalue weighted by Gasteiger charge is 2.26. The van der Waals surface area contributed by atoms with Gasteiger partial charge in [0.2, 0.25) is 0 Å². The molecule has 3 heterocycles. The molecule has 3 atom stereocenters. The number of ether oxygens (including phenoxy) is 4. The Labute approximate surface area is 82.9 Å². The predicted molar refractivity (Wildman–Crippen MR) is 47.1 cm³/mol. The van der Waals surface area contributed by atoms with E-state index in [2.05, 4.69) is 4.74 Å².